The molecule has 6 nitrogen and oxygen atoms in total. The second kappa shape index (κ2) is 5.35. The maximum Gasteiger partial charge on any atom is 0.224 e. The number of benzene rings is 1. The second-order valence-electron chi connectivity index (χ2n) is 3.73. The van der Waals surface area contributed by atoms with Gasteiger partial charge in [-0.15, -0.1) is 10.2 Å². The van der Waals surface area contributed by atoms with Crippen LogP contribution in [0.5, 0.6) is 0 Å². The zero-order chi connectivity index (χ0) is 13.0. The summed E-state index contributed by atoms with van der Waals surface area (Å²) in [6.07, 6.45) is 1.18. The number of carbonyl (C=O) groups is 1. The lowest BCUT2D eigenvalue weighted by atomic mass is 10.1. The molecule has 2 aromatic rings. The molecule has 0 saturated heterocycles. The standard InChI is InChI=1S/C11H12FN5O/c1-2-3-10(18)13-7-4-5-9(12)8(6-7)11-14-16-17-15-11/h4-6H,2-3H2,1H3,(H,13,18)(H,14,15,16,17). The number of rotatable bonds is 4. The van der Waals surface area contributed by atoms with E-state index in [1.807, 2.05) is 6.92 Å². The zero-order valence-corrected chi connectivity index (χ0v) is 9.77. The summed E-state index contributed by atoms with van der Waals surface area (Å²) in [7, 11) is 0. The maximum absolute atomic E-state index is 13.6. The number of aromatic nitrogens is 4. The summed E-state index contributed by atoms with van der Waals surface area (Å²) >= 11 is 0. The van der Waals surface area contributed by atoms with Crippen LogP contribution in [0.1, 0.15) is 19.8 Å². The molecule has 0 atom stereocenters. The van der Waals surface area contributed by atoms with Crippen molar-refractivity contribution in [3.8, 4) is 11.4 Å². The lowest BCUT2D eigenvalue weighted by Crippen LogP contribution is -2.10. The Morgan fingerprint density at radius 2 is 2.33 bits per heavy atom. The van der Waals surface area contributed by atoms with Crippen molar-refractivity contribution < 1.29 is 9.18 Å². The zero-order valence-electron chi connectivity index (χ0n) is 9.77. The minimum Gasteiger partial charge on any atom is -0.326 e. The maximum atomic E-state index is 13.6. The summed E-state index contributed by atoms with van der Waals surface area (Å²) in [5.41, 5.74) is 0.702. The van der Waals surface area contributed by atoms with Crippen molar-refractivity contribution >= 4 is 11.6 Å². The van der Waals surface area contributed by atoms with Crippen molar-refractivity contribution in [1.82, 2.24) is 20.6 Å². The Balaban J connectivity index is 2.24. The molecule has 0 bridgehead atoms. The van der Waals surface area contributed by atoms with Gasteiger partial charge in [0, 0.05) is 12.1 Å². The van der Waals surface area contributed by atoms with Crippen molar-refractivity contribution in [2.24, 2.45) is 0 Å². The first-order valence-electron chi connectivity index (χ1n) is 5.54. The lowest BCUT2D eigenvalue weighted by molar-refractivity contribution is -0.116. The molecule has 1 heterocycles. The van der Waals surface area contributed by atoms with Gasteiger partial charge in [0.15, 0.2) is 0 Å². The number of hydrogen-bond donors (Lipinski definition) is 2. The molecular weight excluding hydrogens is 237 g/mol. The third-order valence-electron chi connectivity index (χ3n) is 2.31. The molecule has 7 heteroatoms. The molecule has 1 aromatic heterocycles. The number of tetrazole rings is 1. The van der Waals surface area contributed by atoms with Crippen LogP contribution in [0.15, 0.2) is 18.2 Å². The van der Waals surface area contributed by atoms with Gasteiger partial charge in [0.25, 0.3) is 0 Å². The van der Waals surface area contributed by atoms with Crippen LogP contribution >= 0.6 is 0 Å². The van der Waals surface area contributed by atoms with Gasteiger partial charge in [0.1, 0.15) is 5.82 Å². The molecule has 0 radical (unpaired) electrons. The molecule has 18 heavy (non-hydrogen) atoms. The van der Waals surface area contributed by atoms with Crippen LogP contribution < -0.4 is 5.32 Å². The van der Waals surface area contributed by atoms with E-state index in [0.717, 1.165) is 6.42 Å². The van der Waals surface area contributed by atoms with Crippen molar-refractivity contribution in [1.29, 1.82) is 0 Å². The monoisotopic (exact) mass is 249 g/mol. The van der Waals surface area contributed by atoms with Crippen molar-refractivity contribution in [2.45, 2.75) is 19.8 Å². The molecule has 0 aliphatic heterocycles. The first kappa shape index (κ1) is 12.2. The van der Waals surface area contributed by atoms with Gasteiger partial charge in [-0.3, -0.25) is 4.79 Å². The highest BCUT2D eigenvalue weighted by Crippen LogP contribution is 2.22. The van der Waals surface area contributed by atoms with Crippen molar-refractivity contribution in [3.63, 3.8) is 0 Å². The molecule has 0 saturated carbocycles. The van der Waals surface area contributed by atoms with Gasteiger partial charge >= 0.3 is 0 Å². The molecule has 0 aliphatic carbocycles. The molecule has 0 unspecified atom stereocenters. The summed E-state index contributed by atoms with van der Waals surface area (Å²) in [5.74, 6) is -0.424. The van der Waals surface area contributed by atoms with Crippen molar-refractivity contribution in [2.75, 3.05) is 5.32 Å². The van der Waals surface area contributed by atoms with Gasteiger partial charge in [-0.2, -0.15) is 5.21 Å². The van der Waals surface area contributed by atoms with Crippen LogP contribution in [0.4, 0.5) is 10.1 Å². The van der Waals surface area contributed by atoms with E-state index in [2.05, 4.69) is 25.9 Å². The fourth-order valence-corrected chi connectivity index (χ4v) is 1.50. The Morgan fingerprint density at radius 1 is 1.50 bits per heavy atom. The average molecular weight is 249 g/mol. The van der Waals surface area contributed by atoms with Crippen LogP contribution in [0.2, 0.25) is 0 Å². The summed E-state index contributed by atoms with van der Waals surface area (Å²) in [6, 6.07) is 4.23. The fraction of sp³-hybridized carbons (Fsp3) is 0.273. The van der Waals surface area contributed by atoms with Gasteiger partial charge in [-0.05, 0) is 29.8 Å². The third-order valence-corrected chi connectivity index (χ3v) is 2.31. The Bertz CT molecular complexity index is 540. The van der Waals surface area contributed by atoms with E-state index >= 15 is 0 Å². The average Bonchev–Trinajstić information content (AvgIpc) is 2.85. The highest BCUT2D eigenvalue weighted by atomic mass is 19.1. The summed E-state index contributed by atoms with van der Waals surface area (Å²) in [6.45, 7) is 1.91. The fourth-order valence-electron chi connectivity index (χ4n) is 1.50. The largest absolute Gasteiger partial charge is 0.326 e. The highest BCUT2D eigenvalue weighted by molar-refractivity contribution is 5.91. The number of hydrogen-bond acceptors (Lipinski definition) is 4. The van der Waals surface area contributed by atoms with E-state index in [0.29, 0.717) is 12.1 Å². The number of nitrogens with zero attached hydrogens (tertiary/aromatic N) is 3. The minimum atomic E-state index is -0.468. The Labute approximate surface area is 103 Å². The van der Waals surface area contributed by atoms with Gasteiger partial charge in [0.2, 0.25) is 11.7 Å². The summed E-state index contributed by atoms with van der Waals surface area (Å²) in [5, 5.41) is 15.7. The number of aromatic amines is 1. The molecule has 2 N–H and O–H groups in total. The van der Waals surface area contributed by atoms with Gasteiger partial charge < -0.3 is 5.32 Å². The van der Waals surface area contributed by atoms with Gasteiger partial charge in [-0.1, -0.05) is 6.92 Å². The highest BCUT2D eigenvalue weighted by Gasteiger charge is 2.11. The minimum absolute atomic E-state index is 0.108. The smallest absolute Gasteiger partial charge is 0.224 e. The predicted molar refractivity (Wildman–Crippen MR) is 63.1 cm³/mol. The van der Waals surface area contributed by atoms with Crippen LogP contribution in [0.25, 0.3) is 11.4 Å². The van der Waals surface area contributed by atoms with Gasteiger partial charge in [-0.25, -0.2) is 4.39 Å². The number of carbonyl (C=O) groups excluding carboxylic acids is 1. The van der Waals surface area contributed by atoms with E-state index in [9.17, 15) is 9.18 Å². The summed E-state index contributed by atoms with van der Waals surface area (Å²) < 4.78 is 13.6. The number of amides is 1. The van der Waals surface area contributed by atoms with E-state index in [1.165, 1.54) is 18.2 Å². The lowest BCUT2D eigenvalue weighted by Gasteiger charge is -2.06. The SMILES string of the molecule is CCCC(=O)Nc1ccc(F)c(-c2nn[nH]n2)c1. The number of H-pyrrole nitrogens is 1. The molecule has 1 amide bonds. The topological polar surface area (TPSA) is 83.6 Å². The van der Waals surface area contributed by atoms with Crippen LogP contribution in [-0.4, -0.2) is 26.5 Å². The van der Waals surface area contributed by atoms with E-state index in [4.69, 9.17) is 0 Å². The van der Waals surface area contributed by atoms with Gasteiger partial charge in [0.05, 0.1) is 5.56 Å². The first-order valence-corrected chi connectivity index (χ1v) is 5.54. The molecule has 0 spiro atoms. The normalized spacial score (nSPS) is 10.3. The molecule has 94 valence electrons. The molecule has 2 rings (SSSR count). The Kier molecular flexibility index (Phi) is 3.61. The van der Waals surface area contributed by atoms with E-state index in [-0.39, 0.29) is 17.3 Å². The first-order chi connectivity index (χ1) is 8.70. The Hall–Kier alpha value is -2.31. The Morgan fingerprint density at radius 3 is 3.00 bits per heavy atom. The van der Waals surface area contributed by atoms with E-state index in [1.54, 1.807) is 0 Å². The number of anilines is 1. The molecule has 1 aromatic carbocycles. The quantitative estimate of drug-likeness (QED) is 0.864. The third kappa shape index (κ3) is 2.68. The van der Waals surface area contributed by atoms with Crippen molar-refractivity contribution in [3.05, 3.63) is 24.0 Å². The number of halogens is 1. The summed E-state index contributed by atoms with van der Waals surface area (Å²) in [4.78, 5) is 11.4. The van der Waals surface area contributed by atoms with Crippen LogP contribution in [-0.2, 0) is 4.79 Å². The molecule has 0 aliphatic rings. The predicted octanol–water partition coefficient (Wildman–Crippen LogP) is 1.74. The molecule has 0 fully saturated rings. The number of nitrogens with one attached hydrogen (secondary N) is 2. The van der Waals surface area contributed by atoms with Crippen LogP contribution in [0.3, 0.4) is 0 Å². The van der Waals surface area contributed by atoms with E-state index < -0.39 is 5.82 Å². The molecular formula is C11H12FN5O. The second-order valence-corrected chi connectivity index (χ2v) is 3.73. The van der Waals surface area contributed by atoms with Crippen LogP contribution in [0, 0.1) is 5.82 Å².